The molecule has 9 heteroatoms. The first-order valence-electron chi connectivity index (χ1n) is 5.51. The minimum Gasteiger partial charge on any atom is -0.480 e. The van der Waals surface area contributed by atoms with Crippen LogP contribution < -0.4 is 10.5 Å². The van der Waals surface area contributed by atoms with Gasteiger partial charge in [-0.3, -0.25) is 9.59 Å². The summed E-state index contributed by atoms with van der Waals surface area (Å²) in [6, 6.07) is 3.95. The summed E-state index contributed by atoms with van der Waals surface area (Å²) in [6.45, 7) is 0. The molecule has 0 bridgehead atoms. The maximum Gasteiger partial charge on any atom is 0.321 e. The molecule has 20 heavy (non-hydrogen) atoms. The van der Waals surface area contributed by atoms with E-state index >= 15 is 0 Å². The number of halogens is 1. The number of carbonyl (C=O) groups is 2. The fraction of sp³-hybridized carbons (Fsp3) is 0.273. The molecule has 0 aliphatic rings. The van der Waals surface area contributed by atoms with Crippen LogP contribution in [0.5, 0.6) is 0 Å². The van der Waals surface area contributed by atoms with Crippen molar-refractivity contribution in [2.24, 2.45) is 5.73 Å². The molecule has 1 atom stereocenters. The molecule has 0 saturated carbocycles. The second-order valence-corrected chi connectivity index (χ2v) is 6.12. The Kier molecular flexibility index (Phi) is 5.49. The minimum absolute atomic E-state index is 0.157. The summed E-state index contributed by atoms with van der Waals surface area (Å²) in [5.74, 6) is -2.10. The number of carboxylic acid groups (broad SMARTS) is 1. The molecule has 0 fully saturated rings. The molecule has 7 nitrogen and oxygen atoms in total. The van der Waals surface area contributed by atoms with Gasteiger partial charge in [-0.2, -0.15) is 4.72 Å². The van der Waals surface area contributed by atoms with Crippen molar-refractivity contribution in [2.45, 2.75) is 23.8 Å². The van der Waals surface area contributed by atoms with Crippen LogP contribution in [0.1, 0.15) is 12.8 Å². The first-order valence-corrected chi connectivity index (χ1v) is 7.37. The number of primary amides is 1. The van der Waals surface area contributed by atoms with Crippen molar-refractivity contribution in [3.63, 3.8) is 0 Å². The first kappa shape index (κ1) is 16.4. The van der Waals surface area contributed by atoms with Crippen LogP contribution in [-0.4, -0.2) is 31.4 Å². The molecule has 1 aromatic rings. The fourth-order valence-corrected chi connectivity index (χ4v) is 2.93. The van der Waals surface area contributed by atoms with Gasteiger partial charge in [0, 0.05) is 11.4 Å². The highest BCUT2D eigenvalue weighted by Crippen LogP contribution is 2.16. The van der Waals surface area contributed by atoms with Crippen LogP contribution in [0.4, 0.5) is 0 Å². The SMILES string of the molecule is NC(=O)CCC(NS(=O)(=O)c1cccc(Cl)c1)C(=O)O. The van der Waals surface area contributed by atoms with Gasteiger partial charge in [0.2, 0.25) is 15.9 Å². The van der Waals surface area contributed by atoms with Gasteiger partial charge < -0.3 is 10.8 Å². The summed E-state index contributed by atoms with van der Waals surface area (Å²) < 4.78 is 26.0. The van der Waals surface area contributed by atoms with Crippen LogP contribution in [0.25, 0.3) is 0 Å². The van der Waals surface area contributed by atoms with Crippen LogP contribution in [0, 0.1) is 0 Å². The summed E-state index contributed by atoms with van der Waals surface area (Å²) in [7, 11) is -4.04. The second kappa shape index (κ2) is 6.69. The van der Waals surface area contributed by atoms with Crippen molar-refractivity contribution in [2.75, 3.05) is 0 Å². The largest absolute Gasteiger partial charge is 0.480 e. The Balaban J connectivity index is 2.91. The molecule has 0 saturated heterocycles. The predicted octanol–water partition coefficient (Wildman–Crippen LogP) is 0.337. The summed E-state index contributed by atoms with van der Waals surface area (Å²) in [6.07, 6.45) is -0.473. The number of benzene rings is 1. The number of nitrogens with one attached hydrogen (secondary N) is 1. The van der Waals surface area contributed by atoms with Gasteiger partial charge in [0.25, 0.3) is 0 Å². The number of rotatable bonds is 7. The average molecular weight is 321 g/mol. The van der Waals surface area contributed by atoms with Gasteiger partial charge in [-0.05, 0) is 24.6 Å². The highest BCUT2D eigenvalue weighted by molar-refractivity contribution is 7.89. The standard InChI is InChI=1S/C11H13ClN2O5S/c12-7-2-1-3-8(6-7)20(18,19)14-9(11(16)17)4-5-10(13)15/h1-3,6,9,14H,4-5H2,(H2,13,15)(H,16,17). The second-order valence-electron chi connectivity index (χ2n) is 3.97. The van der Waals surface area contributed by atoms with Crippen molar-refractivity contribution in [3.8, 4) is 0 Å². The quantitative estimate of drug-likeness (QED) is 0.667. The topological polar surface area (TPSA) is 127 Å². The van der Waals surface area contributed by atoms with Crippen molar-refractivity contribution < 1.29 is 23.1 Å². The maximum absolute atomic E-state index is 12.0. The highest BCUT2D eigenvalue weighted by Gasteiger charge is 2.25. The molecule has 4 N–H and O–H groups in total. The number of amides is 1. The zero-order valence-corrected chi connectivity index (χ0v) is 11.8. The van der Waals surface area contributed by atoms with Gasteiger partial charge in [0.05, 0.1) is 4.90 Å². The number of hydrogen-bond donors (Lipinski definition) is 3. The molecule has 0 aliphatic carbocycles. The molecule has 0 heterocycles. The molecular formula is C11H13ClN2O5S. The Morgan fingerprint density at radius 1 is 1.40 bits per heavy atom. The van der Waals surface area contributed by atoms with E-state index in [1.807, 2.05) is 4.72 Å². The zero-order valence-electron chi connectivity index (χ0n) is 10.2. The summed E-state index contributed by atoms with van der Waals surface area (Å²) >= 11 is 5.68. The monoisotopic (exact) mass is 320 g/mol. The van der Waals surface area contributed by atoms with Gasteiger partial charge in [-0.15, -0.1) is 0 Å². The molecule has 1 amide bonds. The van der Waals surface area contributed by atoms with Gasteiger partial charge >= 0.3 is 5.97 Å². The highest BCUT2D eigenvalue weighted by atomic mass is 35.5. The maximum atomic E-state index is 12.0. The fourth-order valence-electron chi connectivity index (χ4n) is 1.41. The molecule has 1 aromatic carbocycles. The molecule has 0 aliphatic heterocycles. The lowest BCUT2D eigenvalue weighted by Crippen LogP contribution is -2.41. The van der Waals surface area contributed by atoms with E-state index < -0.39 is 27.9 Å². The van der Waals surface area contributed by atoms with E-state index in [2.05, 4.69) is 0 Å². The average Bonchev–Trinajstić information content (AvgIpc) is 2.34. The third-order valence-electron chi connectivity index (χ3n) is 2.38. The van der Waals surface area contributed by atoms with Gasteiger partial charge in [-0.25, -0.2) is 8.42 Å². The van der Waals surface area contributed by atoms with Crippen molar-refractivity contribution in [1.82, 2.24) is 4.72 Å². The van der Waals surface area contributed by atoms with Crippen LogP contribution in [0.2, 0.25) is 5.02 Å². The molecule has 0 radical (unpaired) electrons. The normalized spacial score (nSPS) is 12.8. The molecule has 0 spiro atoms. The van der Waals surface area contributed by atoms with Crippen LogP contribution in [0.15, 0.2) is 29.2 Å². The van der Waals surface area contributed by atoms with Crippen molar-refractivity contribution >= 4 is 33.5 Å². The third kappa shape index (κ3) is 4.80. The molecule has 1 unspecified atom stereocenters. The van der Waals surface area contributed by atoms with Crippen molar-refractivity contribution in [1.29, 1.82) is 0 Å². The Morgan fingerprint density at radius 3 is 2.55 bits per heavy atom. The lowest BCUT2D eigenvalue weighted by molar-refractivity contribution is -0.139. The minimum atomic E-state index is -4.04. The summed E-state index contributed by atoms with van der Waals surface area (Å²) in [5, 5.41) is 9.15. The predicted molar refractivity (Wildman–Crippen MR) is 71.6 cm³/mol. The third-order valence-corrected chi connectivity index (χ3v) is 4.09. The lowest BCUT2D eigenvalue weighted by atomic mass is 10.2. The van der Waals surface area contributed by atoms with E-state index in [0.29, 0.717) is 0 Å². The smallest absolute Gasteiger partial charge is 0.321 e. The molecule has 1 rings (SSSR count). The number of nitrogens with two attached hydrogens (primary N) is 1. The van der Waals surface area contributed by atoms with Crippen LogP contribution in [0.3, 0.4) is 0 Å². The summed E-state index contributed by atoms with van der Waals surface area (Å²) in [4.78, 5) is 21.5. The van der Waals surface area contributed by atoms with E-state index in [9.17, 15) is 18.0 Å². The Hall–Kier alpha value is -1.64. The van der Waals surface area contributed by atoms with E-state index in [1.165, 1.54) is 24.3 Å². The van der Waals surface area contributed by atoms with E-state index in [1.54, 1.807) is 0 Å². The Morgan fingerprint density at radius 2 is 2.05 bits per heavy atom. The molecular weight excluding hydrogens is 308 g/mol. The van der Waals surface area contributed by atoms with Gasteiger partial charge in [0.1, 0.15) is 6.04 Å². The van der Waals surface area contributed by atoms with E-state index in [0.717, 1.165) is 0 Å². The summed E-state index contributed by atoms with van der Waals surface area (Å²) in [5.41, 5.74) is 4.91. The Bertz CT molecular complexity index is 617. The van der Waals surface area contributed by atoms with Crippen LogP contribution >= 0.6 is 11.6 Å². The zero-order chi connectivity index (χ0) is 15.3. The van der Waals surface area contributed by atoms with E-state index in [4.69, 9.17) is 22.4 Å². The Labute approximate surface area is 120 Å². The number of hydrogen-bond acceptors (Lipinski definition) is 4. The number of aliphatic carboxylic acids is 1. The number of carboxylic acids is 1. The van der Waals surface area contributed by atoms with E-state index in [-0.39, 0.29) is 22.8 Å². The number of sulfonamides is 1. The molecule has 110 valence electrons. The lowest BCUT2D eigenvalue weighted by Gasteiger charge is -2.14. The van der Waals surface area contributed by atoms with Crippen molar-refractivity contribution in [3.05, 3.63) is 29.3 Å². The van der Waals surface area contributed by atoms with Gasteiger partial charge in [0.15, 0.2) is 0 Å². The van der Waals surface area contributed by atoms with Gasteiger partial charge in [-0.1, -0.05) is 17.7 Å². The molecule has 0 aromatic heterocycles. The number of carbonyl (C=O) groups excluding carboxylic acids is 1. The first-order chi connectivity index (χ1) is 9.22. The van der Waals surface area contributed by atoms with Crippen LogP contribution in [-0.2, 0) is 19.6 Å².